The number of carbonyl (C=O) groups is 2. The van der Waals surface area contributed by atoms with Crippen LogP contribution in [0.5, 0.6) is 17.2 Å². The zero-order valence-corrected chi connectivity index (χ0v) is 16.7. The molecule has 0 aromatic heterocycles. The van der Waals surface area contributed by atoms with Gasteiger partial charge in [-0.1, -0.05) is 0 Å². The summed E-state index contributed by atoms with van der Waals surface area (Å²) in [6.45, 7) is -0.149. The maximum atomic E-state index is 12.3. The fourth-order valence-electron chi connectivity index (χ4n) is 2.60. The highest BCUT2D eigenvalue weighted by Gasteiger charge is 2.08. The lowest BCUT2D eigenvalue weighted by molar-refractivity contribution is -0.118. The maximum absolute atomic E-state index is 12.3. The number of hydrogen-bond acceptors (Lipinski definition) is 5. The van der Waals surface area contributed by atoms with Crippen LogP contribution in [0.4, 0.5) is 11.4 Å². The van der Waals surface area contributed by atoms with Gasteiger partial charge in [0, 0.05) is 16.9 Å². The molecule has 0 bridgehead atoms. The Balaban J connectivity index is 1.49. The first-order chi connectivity index (χ1) is 14.6. The van der Waals surface area contributed by atoms with Gasteiger partial charge in [0.05, 0.1) is 14.2 Å². The summed E-state index contributed by atoms with van der Waals surface area (Å²) >= 11 is 0. The molecule has 0 heterocycles. The van der Waals surface area contributed by atoms with E-state index in [1.165, 1.54) is 0 Å². The zero-order valence-electron chi connectivity index (χ0n) is 16.7. The number of amides is 2. The molecular formula is C23H22N2O5. The van der Waals surface area contributed by atoms with Crippen LogP contribution in [-0.4, -0.2) is 32.6 Å². The second kappa shape index (κ2) is 9.97. The minimum Gasteiger partial charge on any atom is -0.497 e. The summed E-state index contributed by atoms with van der Waals surface area (Å²) in [6.07, 6.45) is 0. The summed E-state index contributed by atoms with van der Waals surface area (Å²) in [5.41, 5.74) is 1.78. The van der Waals surface area contributed by atoms with Crippen molar-refractivity contribution in [2.75, 3.05) is 31.5 Å². The van der Waals surface area contributed by atoms with Crippen molar-refractivity contribution in [1.82, 2.24) is 0 Å². The van der Waals surface area contributed by atoms with E-state index in [1.54, 1.807) is 87.0 Å². The quantitative estimate of drug-likeness (QED) is 0.591. The molecule has 3 rings (SSSR count). The van der Waals surface area contributed by atoms with Gasteiger partial charge in [-0.3, -0.25) is 9.59 Å². The van der Waals surface area contributed by atoms with E-state index >= 15 is 0 Å². The van der Waals surface area contributed by atoms with Crippen LogP contribution >= 0.6 is 0 Å². The van der Waals surface area contributed by atoms with Gasteiger partial charge >= 0.3 is 0 Å². The molecule has 2 amide bonds. The highest BCUT2D eigenvalue weighted by atomic mass is 16.5. The Morgan fingerprint density at radius 3 is 1.63 bits per heavy atom. The summed E-state index contributed by atoms with van der Waals surface area (Å²) in [7, 11) is 3.16. The molecule has 3 aromatic carbocycles. The molecule has 0 aliphatic rings. The van der Waals surface area contributed by atoms with Crippen molar-refractivity contribution in [3.63, 3.8) is 0 Å². The van der Waals surface area contributed by atoms with Crippen LogP contribution in [0.25, 0.3) is 0 Å². The van der Waals surface area contributed by atoms with Crippen molar-refractivity contribution in [2.45, 2.75) is 0 Å². The lowest BCUT2D eigenvalue weighted by atomic mass is 10.2. The lowest BCUT2D eigenvalue weighted by Crippen LogP contribution is -2.20. The third-order valence-corrected chi connectivity index (χ3v) is 4.21. The number of methoxy groups -OCH3 is 2. The molecule has 0 radical (unpaired) electrons. The molecule has 154 valence electrons. The number of benzene rings is 3. The topological polar surface area (TPSA) is 85.9 Å². The second-order valence-corrected chi connectivity index (χ2v) is 6.27. The summed E-state index contributed by atoms with van der Waals surface area (Å²) in [4.78, 5) is 24.4. The van der Waals surface area contributed by atoms with Gasteiger partial charge < -0.3 is 24.8 Å². The predicted octanol–water partition coefficient (Wildman–Crippen LogP) is 3.97. The molecule has 7 heteroatoms. The van der Waals surface area contributed by atoms with Crippen LogP contribution in [0.1, 0.15) is 10.4 Å². The molecule has 0 atom stereocenters. The van der Waals surface area contributed by atoms with Crippen molar-refractivity contribution in [1.29, 1.82) is 0 Å². The van der Waals surface area contributed by atoms with Gasteiger partial charge in [0.2, 0.25) is 0 Å². The highest BCUT2D eigenvalue weighted by Crippen LogP contribution is 2.18. The van der Waals surface area contributed by atoms with Crippen LogP contribution in [-0.2, 0) is 4.79 Å². The number of hydrogen-bond donors (Lipinski definition) is 2. The third-order valence-electron chi connectivity index (χ3n) is 4.21. The van der Waals surface area contributed by atoms with E-state index in [0.29, 0.717) is 34.2 Å². The van der Waals surface area contributed by atoms with E-state index in [-0.39, 0.29) is 18.4 Å². The normalized spacial score (nSPS) is 10.1. The largest absolute Gasteiger partial charge is 0.497 e. The zero-order chi connectivity index (χ0) is 21.3. The van der Waals surface area contributed by atoms with E-state index in [0.717, 1.165) is 0 Å². The van der Waals surface area contributed by atoms with E-state index < -0.39 is 0 Å². The molecule has 0 aliphatic carbocycles. The molecule has 2 N–H and O–H groups in total. The van der Waals surface area contributed by atoms with Crippen LogP contribution in [0.3, 0.4) is 0 Å². The van der Waals surface area contributed by atoms with Crippen LogP contribution < -0.4 is 24.8 Å². The Labute approximate surface area is 174 Å². The Morgan fingerprint density at radius 2 is 1.13 bits per heavy atom. The summed E-state index contributed by atoms with van der Waals surface area (Å²) in [5, 5.41) is 5.54. The van der Waals surface area contributed by atoms with Crippen molar-refractivity contribution in [3.05, 3.63) is 78.4 Å². The average Bonchev–Trinajstić information content (AvgIpc) is 2.79. The van der Waals surface area contributed by atoms with E-state index in [9.17, 15) is 9.59 Å². The average molecular weight is 406 g/mol. The molecule has 0 saturated carbocycles. The summed E-state index contributed by atoms with van der Waals surface area (Å²) < 4.78 is 15.7. The first kappa shape index (κ1) is 20.7. The molecule has 7 nitrogen and oxygen atoms in total. The molecule has 0 aliphatic heterocycles. The Morgan fingerprint density at radius 1 is 0.667 bits per heavy atom. The number of ether oxygens (including phenoxy) is 3. The van der Waals surface area contributed by atoms with Gasteiger partial charge in [-0.2, -0.15) is 0 Å². The van der Waals surface area contributed by atoms with Crippen LogP contribution in [0, 0.1) is 0 Å². The predicted molar refractivity (Wildman–Crippen MR) is 115 cm³/mol. The summed E-state index contributed by atoms with van der Waals surface area (Å²) in [6, 6.07) is 20.6. The molecule has 0 unspecified atom stereocenters. The molecule has 30 heavy (non-hydrogen) atoms. The smallest absolute Gasteiger partial charge is 0.262 e. The van der Waals surface area contributed by atoms with Gasteiger partial charge in [-0.05, 0) is 72.8 Å². The number of rotatable bonds is 8. The molecule has 0 spiro atoms. The molecule has 0 fully saturated rings. The van der Waals surface area contributed by atoms with Crippen molar-refractivity contribution in [3.8, 4) is 17.2 Å². The first-order valence-electron chi connectivity index (χ1n) is 9.19. The Kier molecular flexibility index (Phi) is 6.89. The highest BCUT2D eigenvalue weighted by molar-refractivity contribution is 6.04. The van der Waals surface area contributed by atoms with Crippen LogP contribution in [0.15, 0.2) is 72.8 Å². The first-order valence-corrected chi connectivity index (χ1v) is 9.19. The fourth-order valence-corrected chi connectivity index (χ4v) is 2.60. The number of anilines is 2. The minimum atomic E-state index is -0.290. The van der Waals surface area contributed by atoms with Gasteiger partial charge in [0.15, 0.2) is 6.61 Å². The Bertz CT molecular complexity index is 984. The molecule has 3 aromatic rings. The number of nitrogens with one attached hydrogen (secondary N) is 2. The van der Waals surface area contributed by atoms with Crippen LogP contribution in [0.2, 0.25) is 0 Å². The van der Waals surface area contributed by atoms with Crippen molar-refractivity contribution < 1.29 is 23.8 Å². The fraction of sp³-hybridized carbons (Fsp3) is 0.130. The second-order valence-electron chi connectivity index (χ2n) is 6.27. The maximum Gasteiger partial charge on any atom is 0.262 e. The van der Waals surface area contributed by atoms with Gasteiger partial charge in [-0.25, -0.2) is 0 Å². The van der Waals surface area contributed by atoms with Gasteiger partial charge in [0.1, 0.15) is 17.2 Å². The van der Waals surface area contributed by atoms with E-state index in [1.807, 2.05) is 0 Å². The Hall–Kier alpha value is -4.00. The van der Waals surface area contributed by atoms with Gasteiger partial charge in [-0.15, -0.1) is 0 Å². The monoisotopic (exact) mass is 406 g/mol. The standard InChI is InChI=1S/C23H22N2O5/c1-28-19-11-5-17(6-12-19)24-22(26)15-30-21-9-3-16(4-10-21)23(27)25-18-7-13-20(29-2)14-8-18/h3-14H,15H2,1-2H3,(H,24,26)(H,25,27). The minimum absolute atomic E-state index is 0.149. The SMILES string of the molecule is COc1ccc(NC(=O)COc2ccc(C(=O)Nc3ccc(OC)cc3)cc2)cc1. The lowest BCUT2D eigenvalue weighted by Gasteiger charge is -2.09. The summed E-state index contributed by atoms with van der Waals surface area (Å²) in [5.74, 6) is 1.37. The van der Waals surface area contributed by atoms with Crippen molar-refractivity contribution >= 4 is 23.2 Å². The molecule has 0 saturated heterocycles. The number of carbonyl (C=O) groups excluding carboxylic acids is 2. The van der Waals surface area contributed by atoms with E-state index in [4.69, 9.17) is 14.2 Å². The van der Waals surface area contributed by atoms with E-state index in [2.05, 4.69) is 10.6 Å². The van der Waals surface area contributed by atoms with Gasteiger partial charge in [0.25, 0.3) is 11.8 Å². The molecular weight excluding hydrogens is 384 g/mol. The van der Waals surface area contributed by atoms with Crippen molar-refractivity contribution in [2.24, 2.45) is 0 Å². The third kappa shape index (κ3) is 5.75.